The molecule has 4 rings (SSSR count). The Hall–Kier alpha value is -4.05. The van der Waals surface area contributed by atoms with E-state index in [1.165, 1.54) is 28.4 Å². The number of pyridine rings is 1. The Kier molecular flexibility index (Phi) is 6.22. The summed E-state index contributed by atoms with van der Waals surface area (Å²) in [7, 11) is 1.55. The van der Waals surface area contributed by atoms with Crippen LogP contribution in [0, 0.1) is 10.1 Å². The number of nitro groups is 1. The highest BCUT2D eigenvalue weighted by atomic mass is 32.1. The lowest BCUT2D eigenvalue weighted by atomic mass is 10.3. The largest absolute Gasteiger partial charge is 0.497 e. The lowest BCUT2D eigenvalue weighted by Gasteiger charge is -2.19. The molecule has 0 radical (unpaired) electrons. The van der Waals surface area contributed by atoms with Crippen LogP contribution in [0.1, 0.15) is 5.69 Å². The Morgan fingerprint density at radius 1 is 1.12 bits per heavy atom. The SMILES string of the molecule is COc1cccc(OCC(=O)N(Cc2ccccn2)c2nc3ccc([N+](=O)[O-])cc3s2)c1. The number of carbonyl (C=O) groups is 1. The summed E-state index contributed by atoms with van der Waals surface area (Å²) in [4.78, 5) is 34.0. The fourth-order valence-electron chi connectivity index (χ4n) is 2.96. The normalized spacial score (nSPS) is 10.7. The molecule has 4 aromatic rings. The zero-order valence-electron chi connectivity index (χ0n) is 17.0. The van der Waals surface area contributed by atoms with Gasteiger partial charge in [-0.2, -0.15) is 0 Å². The maximum atomic E-state index is 13.1. The second-order valence-corrected chi connectivity index (χ2v) is 7.68. The molecule has 0 aliphatic carbocycles. The van der Waals surface area contributed by atoms with Gasteiger partial charge < -0.3 is 9.47 Å². The fraction of sp³-hybridized carbons (Fsp3) is 0.136. The van der Waals surface area contributed by atoms with E-state index in [0.29, 0.717) is 32.5 Å². The molecule has 0 saturated heterocycles. The molecular weight excluding hydrogens is 432 g/mol. The van der Waals surface area contributed by atoms with Crippen LogP contribution in [0.2, 0.25) is 0 Å². The molecule has 162 valence electrons. The maximum Gasteiger partial charge on any atom is 0.270 e. The quantitative estimate of drug-likeness (QED) is 0.292. The molecule has 2 aromatic carbocycles. The standard InChI is InChI=1S/C22H18N4O5S/c1-30-17-6-4-7-18(12-17)31-14-21(27)25(13-15-5-2-3-10-23-15)22-24-19-9-8-16(26(28)29)11-20(19)32-22/h2-12H,13-14H2,1H3. The van der Waals surface area contributed by atoms with Crippen LogP contribution in [0.3, 0.4) is 0 Å². The van der Waals surface area contributed by atoms with E-state index in [4.69, 9.17) is 9.47 Å². The second kappa shape index (κ2) is 9.40. The third kappa shape index (κ3) is 4.81. The molecule has 0 fully saturated rings. The number of rotatable bonds is 8. The van der Waals surface area contributed by atoms with Crippen molar-refractivity contribution in [1.82, 2.24) is 9.97 Å². The van der Waals surface area contributed by atoms with Gasteiger partial charge in [-0.25, -0.2) is 4.98 Å². The summed E-state index contributed by atoms with van der Waals surface area (Å²) >= 11 is 1.20. The topological polar surface area (TPSA) is 108 Å². The molecule has 1 amide bonds. The minimum absolute atomic E-state index is 0.0309. The van der Waals surface area contributed by atoms with Gasteiger partial charge in [0.1, 0.15) is 11.5 Å². The Morgan fingerprint density at radius 2 is 1.97 bits per heavy atom. The van der Waals surface area contributed by atoms with Gasteiger partial charge in [0, 0.05) is 24.4 Å². The number of methoxy groups -OCH3 is 1. The molecular formula is C22H18N4O5S. The molecule has 10 heteroatoms. The summed E-state index contributed by atoms with van der Waals surface area (Å²) in [5.41, 5.74) is 1.22. The van der Waals surface area contributed by atoms with E-state index in [2.05, 4.69) is 9.97 Å². The Bertz CT molecular complexity index is 1260. The van der Waals surface area contributed by atoms with Crippen molar-refractivity contribution in [2.24, 2.45) is 0 Å². The number of fused-ring (bicyclic) bond motifs is 1. The van der Waals surface area contributed by atoms with Crippen LogP contribution in [0.25, 0.3) is 10.2 Å². The number of aromatic nitrogens is 2. The van der Waals surface area contributed by atoms with E-state index in [0.717, 1.165) is 0 Å². The lowest BCUT2D eigenvalue weighted by Crippen LogP contribution is -2.34. The van der Waals surface area contributed by atoms with Gasteiger partial charge in [0.05, 0.1) is 34.5 Å². The predicted molar refractivity (Wildman–Crippen MR) is 120 cm³/mol. The molecule has 2 heterocycles. The van der Waals surface area contributed by atoms with Gasteiger partial charge in [-0.05, 0) is 30.3 Å². The first-order valence-corrected chi connectivity index (χ1v) is 10.4. The smallest absolute Gasteiger partial charge is 0.270 e. The van der Waals surface area contributed by atoms with Crippen LogP contribution in [-0.2, 0) is 11.3 Å². The van der Waals surface area contributed by atoms with Crippen molar-refractivity contribution in [1.29, 1.82) is 0 Å². The monoisotopic (exact) mass is 450 g/mol. The van der Waals surface area contributed by atoms with Crippen molar-refractivity contribution < 1.29 is 19.2 Å². The number of anilines is 1. The van der Waals surface area contributed by atoms with Gasteiger partial charge >= 0.3 is 0 Å². The number of carbonyl (C=O) groups excluding carboxylic acids is 1. The lowest BCUT2D eigenvalue weighted by molar-refractivity contribution is -0.384. The van der Waals surface area contributed by atoms with Crippen LogP contribution >= 0.6 is 11.3 Å². The molecule has 0 N–H and O–H groups in total. The van der Waals surface area contributed by atoms with Crippen LogP contribution in [0.5, 0.6) is 11.5 Å². The van der Waals surface area contributed by atoms with Crippen molar-refractivity contribution in [3.63, 3.8) is 0 Å². The van der Waals surface area contributed by atoms with Gasteiger partial charge in [0.25, 0.3) is 11.6 Å². The van der Waals surface area contributed by atoms with Crippen molar-refractivity contribution in [3.05, 3.63) is 82.7 Å². The number of hydrogen-bond acceptors (Lipinski definition) is 8. The first-order chi connectivity index (χ1) is 15.5. The molecule has 2 aromatic heterocycles. The number of non-ortho nitro benzene ring substituents is 1. The minimum Gasteiger partial charge on any atom is -0.497 e. The van der Waals surface area contributed by atoms with Gasteiger partial charge in [0.2, 0.25) is 0 Å². The van der Waals surface area contributed by atoms with Crippen molar-refractivity contribution in [3.8, 4) is 11.5 Å². The van der Waals surface area contributed by atoms with E-state index >= 15 is 0 Å². The highest BCUT2D eigenvalue weighted by Crippen LogP contribution is 2.32. The van der Waals surface area contributed by atoms with Crippen LogP contribution < -0.4 is 14.4 Å². The van der Waals surface area contributed by atoms with E-state index in [9.17, 15) is 14.9 Å². The second-order valence-electron chi connectivity index (χ2n) is 6.67. The highest BCUT2D eigenvalue weighted by molar-refractivity contribution is 7.22. The summed E-state index contributed by atoms with van der Waals surface area (Å²) in [5.74, 6) is 0.787. The summed E-state index contributed by atoms with van der Waals surface area (Å²) in [6, 6.07) is 16.8. The Morgan fingerprint density at radius 3 is 2.72 bits per heavy atom. The first kappa shape index (κ1) is 21.2. The summed E-state index contributed by atoms with van der Waals surface area (Å²) < 4.78 is 11.5. The summed E-state index contributed by atoms with van der Waals surface area (Å²) in [5, 5.41) is 11.5. The number of hydrogen-bond donors (Lipinski definition) is 0. The van der Waals surface area contributed by atoms with E-state index in [1.807, 2.05) is 6.07 Å². The maximum absolute atomic E-state index is 13.1. The molecule has 0 atom stereocenters. The third-order valence-corrected chi connectivity index (χ3v) is 5.59. The van der Waals surface area contributed by atoms with E-state index < -0.39 is 4.92 Å². The van der Waals surface area contributed by atoms with Crippen molar-refractivity contribution >= 4 is 38.3 Å². The molecule has 0 aliphatic heterocycles. The zero-order valence-corrected chi connectivity index (χ0v) is 17.8. The van der Waals surface area contributed by atoms with Crippen LogP contribution in [0.4, 0.5) is 10.8 Å². The number of thiazole rings is 1. The van der Waals surface area contributed by atoms with Gasteiger partial charge in [-0.15, -0.1) is 0 Å². The molecule has 32 heavy (non-hydrogen) atoms. The average Bonchev–Trinajstić information content (AvgIpc) is 3.24. The molecule has 0 aliphatic rings. The number of nitro benzene ring substituents is 1. The van der Waals surface area contributed by atoms with E-state index in [-0.39, 0.29) is 24.7 Å². The molecule has 0 spiro atoms. The Labute approximate surface area is 187 Å². The molecule has 0 bridgehead atoms. The predicted octanol–water partition coefficient (Wildman–Crippen LogP) is 4.22. The third-order valence-electron chi connectivity index (χ3n) is 4.55. The zero-order chi connectivity index (χ0) is 22.5. The van der Waals surface area contributed by atoms with Gasteiger partial charge in [-0.1, -0.05) is 23.5 Å². The molecule has 0 unspecified atom stereocenters. The fourth-order valence-corrected chi connectivity index (χ4v) is 3.98. The summed E-state index contributed by atoms with van der Waals surface area (Å²) in [6.07, 6.45) is 1.65. The minimum atomic E-state index is -0.461. The van der Waals surface area contributed by atoms with E-state index in [1.54, 1.807) is 55.8 Å². The average molecular weight is 450 g/mol. The van der Waals surface area contributed by atoms with Gasteiger partial charge in [0.15, 0.2) is 11.7 Å². The van der Waals surface area contributed by atoms with Crippen molar-refractivity contribution in [2.75, 3.05) is 18.6 Å². The highest BCUT2D eigenvalue weighted by Gasteiger charge is 2.22. The number of ether oxygens (including phenoxy) is 2. The number of benzene rings is 2. The van der Waals surface area contributed by atoms with Gasteiger partial charge in [-0.3, -0.25) is 24.8 Å². The number of nitrogens with zero attached hydrogens (tertiary/aromatic N) is 4. The number of amides is 1. The first-order valence-electron chi connectivity index (χ1n) is 9.55. The van der Waals surface area contributed by atoms with Crippen LogP contribution in [-0.4, -0.2) is 34.5 Å². The van der Waals surface area contributed by atoms with Crippen molar-refractivity contribution in [2.45, 2.75) is 6.54 Å². The Balaban J connectivity index is 1.61. The molecule has 0 saturated carbocycles. The van der Waals surface area contributed by atoms with Crippen LogP contribution in [0.15, 0.2) is 66.9 Å². The molecule has 9 nitrogen and oxygen atoms in total. The summed E-state index contributed by atoms with van der Waals surface area (Å²) in [6.45, 7) is -0.0425.